The average molecular weight is 448 g/mol. The summed E-state index contributed by atoms with van der Waals surface area (Å²) in [4.78, 5) is 12.3. The highest BCUT2D eigenvalue weighted by molar-refractivity contribution is 9.10. The van der Waals surface area contributed by atoms with E-state index in [0.717, 1.165) is 16.9 Å². The molecular formula is C19H16BrClN4O2. The second kappa shape index (κ2) is 8.83. The second-order valence-corrected chi connectivity index (χ2v) is 6.91. The average Bonchev–Trinajstić information content (AvgIpc) is 3.04. The van der Waals surface area contributed by atoms with E-state index >= 15 is 0 Å². The lowest BCUT2D eigenvalue weighted by Gasteiger charge is -2.02. The monoisotopic (exact) mass is 446 g/mol. The summed E-state index contributed by atoms with van der Waals surface area (Å²) in [6.45, 7) is 0.526. The predicted molar refractivity (Wildman–Crippen MR) is 109 cm³/mol. The highest BCUT2D eigenvalue weighted by Gasteiger charge is 2.14. The molecule has 0 spiro atoms. The van der Waals surface area contributed by atoms with Gasteiger partial charge in [0.1, 0.15) is 5.75 Å². The molecule has 3 aromatic rings. The van der Waals surface area contributed by atoms with Gasteiger partial charge in [0.25, 0.3) is 5.91 Å². The van der Waals surface area contributed by atoms with E-state index in [-0.39, 0.29) is 5.69 Å². The number of carbonyl (C=O) groups excluding carboxylic acids is 1. The van der Waals surface area contributed by atoms with Gasteiger partial charge < -0.3 is 4.74 Å². The van der Waals surface area contributed by atoms with Crippen LogP contribution in [0.4, 0.5) is 0 Å². The standard InChI is InChI=1S/C19H16BrClN4O2/c1-27-16-8-4-13(5-9-16)10-22-23-19(26)18-17(20)12-25(24-18)11-14-2-6-15(21)7-3-14/h2-10,12H,11H2,1H3,(H,23,26)/b22-10-. The van der Waals surface area contributed by atoms with Gasteiger partial charge in [0, 0.05) is 11.2 Å². The van der Waals surface area contributed by atoms with Crippen molar-refractivity contribution >= 4 is 39.7 Å². The highest BCUT2D eigenvalue weighted by atomic mass is 79.9. The van der Waals surface area contributed by atoms with Crippen LogP contribution in [0.1, 0.15) is 21.6 Å². The third-order valence-electron chi connectivity index (χ3n) is 3.69. The van der Waals surface area contributed by atoms with E-state index in [1.807, 2.05) is 48.5 Å². The van der Waals surface area contributed by atoms with Crippen molar-refractivity contribution < 1.29 is 9.53 Å². The van der Waals surface area contributed by atoms with E-state index < -0.39 is 5.91 Å². The Balaban J connectivity index is 1.63. The molecule has 0 aliphatic carbocycles. The molecule has 1 amide bonds. The van der Waals surface area contributed by atoms with Crippen LogP contribution in [-0.2, 0) is 6.54 Å². The summed E-state index contributed by atoms with van der Waals surface area (Å²) in [6.07, 6.45) is 3.30. The molecule has 0 aliphatic rings. The largest absolute Gasteiger partial charge is 0.497 e. The Morgan fingerprint density at radius 2 is 1.96 bits per heavy atom. The van der Waals surface area contributed by atoms with Crippen molar-refractivity contribution in [3.05, 3.63) is 81.0 Å². The lowest BCUT2D eigenvalue weighted by molar-refractivity contribution is 0.0948. The Hall–Kier alpha value is -2.64. The number of halogens is 2. The molecule has 0 aliphatic heterocycles. The molecule has 0 atom stereocenters. The Labute approximate surface area is 169 Å². The van der Waals surface area contributed by atoms with Crippen LogP contribution in [0.15, 0.2) is 64.3 Å². The molecule has 3 rings (SSSR count). The molecule has 0 bridgehead atoms. The molecule has 0 saturated carbocycles. The zero-order chi connectivity index (χ0) is 19.2. The Bertz CT molecular complexity index is 953. The third-order valence-corrected chi connectivity index (χ3v) is 4.52. The van der Waals surface area contributed by atoms with Gasteiger partial charge in [-0.25, -0.2) is 5.43 Å². The molecule has 0 unspecified atom stereocenters. The van der Waals surface area contributed by atoms with Gasteiger partial charge in [-0.05, 0) is 63.5 Å². The van der Waals surface area contributed by atoms with E-state index in [2.05, 4.69) is 31.6 Å². The molecule has 0 fully saturated rings. The van der Waals surface area contributed by atoms with Gasteiger partial charge >= 0.3 is 0 Å². The zero-order valence-corrected chi connectivity index (χ0v) is 16.7. The van der Waals surface area contributed by atoms with Crippen LogP contribution in [0, 0.1) is 0 Å². The summed E-state index contributed by atoms with van der Waals surface area (Å²) >= 11 is 9.26. The SMILES string of the molecule is COc1ccc(/C=N\NC(=O)c2nn(Cc3ccc(Cl)cc3)cc2Br)cc1. The van der Waals surface area contributed by atoms with E-state index in [9.17, 15) is 4.79 Å². The number of hydrogen-bond acceptors (Lipinski definition) is 4. The van der Waals surface area contributed by atoms with E-state index in [1.54, 1.807) is 24.2 Å². The normalized spacial score (nSPS) is 10.9. The Morgan fingerprint density at radius 3 is 2.63 bits per heavy atom. The Kier molecular flexibility index (Phi) is 6.26. The van der Waals surface area contributed by atoms with Crippen LogP contribution in [-0.4, -0.2) is 29.0 Å². The lowest BCUT2D eigenvalue weighted by atomic mass is 10.2. The third kappa shape index (κ3) is 5.18. The lowest BCUT2D eigenvalue weighted by Crippen LogP contribution is -2.19. The van der Waals surface area contributed by atoms with Gasteiger partial charge in [-0.2, -0.15) is 10.2 Å². The number of aromatic nitrogens is 2. The molecule has 0 radical (unpaired) electrons. The number of rotatable bonds is 6. The number of ether oxygens (including phenoxy) is 1. The summed E-state index contributed by atoms with van der Waals surface area (Å²) in [5.74, 6) is 0.354. The fourth-order valence-electron chi connectivity index (χ4n) is 2.32. The number of carbonyl (C=O) groups is 1. The first-order chi connectivity index (χ1) is 13.0. The smallest absolute Gasteiger partial charge is 0.293 e. The molecule has 0 saturated heterocycles. The number of benzene rings is 2. The summed E-state index contributed by atoms with van der Waals surface area (Å²) in [6, 6.07) is 14.8. The number of nitrogens with zero attached hydrogens (tertiary/aromatic N) is 3. The van der Waals surface area contributed by atoms with Crippen LogP contribution < -0.4 is 10.2 Å². The van der Waals surface area contributed by atoms with Gasteiger partial charge in [-0.15, -0.1) is 0 Å². The summed E-state index contributed by atoms with van der Waals surface area (Å²) < 4.78 is 7.36. The van der Waals surface area contributed by atoms with Gasteiger partial charge in [0.15, 0.2) is 5.69 Å². The zero-order valence-electron chi connectivity index (χ0n) is 14.4. The van der Waals surface area contributed by atoms with Crippen LogP contribution in [0.3, 0.4) is 0 Å². The first kappa shape index (κ1) is 19.1. The Morgan fingerprint density at radius 1 is 1.26 bits per heavy atom. The molecule has 1 N–H and O–H groups in total. The quantitative estimate of drug-likeness (QED) is 0.456. The first-order valence-electron chi connectivity index (χ1n) is 8.00. The molecule has 27 heavy (non-hydrogen) atoms. The number of amides is 1. The summed E-state index contributed by atoms with van der Waals surface area (Å²) in [5, 5.41) is 8.95. The van der Waals surface area contributed by atoms with E-state index in [1.165, 1.54) is 0 Å². The van der Waals surface area contributed by atoms with Crippen molar-refractivity contribution in [1.29, 1.82) is 0 Å². The van der Waals surface area contributed by atoms with Crippen molar-refractivity contribution in [2.75, 3.05) is 7.11 Å². The maximum absolute atomic E-state index is 12.3. The van der Waals surface area contributed by atoms with Gasteiger partial charge in [-0.3, -0.25) is 9.48 Å². The molecular weight excluding hydrogens is 432 g/mol. The number of methoxy groups -OCH3 is 1. The maximum Gasteiger partial charge on any atom is 0.293 e. The van der Waals surface area contributed by atoms with E-state index in [0.29, 0.717) is 16.0 Å². The van der Waals surface area contributed by atoms with Crippen molar-refractivity contribution in [3.63, 3.8) is 0 Å². The van der Waals surface area contributed by atoms with Gasteiger partial charge in [0.2, 0.25) is 0 Å². The van der Waals surface area contributed by atoms with Crippen molar-refractivity contribution in [1.82, 2.24) is 15.2 Å². The molecule has 2 aromatic carbocycles. The molecule has 1 aromatic heterocycles. The minimum absolute atomic E-state index is 0.260. The van der Waals surface area contributed by atoms with Crippen LogP contribution >= 0.6 is 27.5 Å². The molecule has 6 nitrogen and oxygen atoms in total. The minimum Gasteiger partial charge on any atom is -0.497 e. The van der Waals surface area contributed by atoms with E-state index in [4.69, 9.17) is 16.3 Å². The van der Waals surface area contributed by atoms with Crippen molar-refractivity contribution in [2.45, 2.75) is 6.54 Å². The number of hydrogen-bond donors (Lipinski definition) is 1. The molecule has 1 heterocycles. The maximum atomic E-state index is 12.3. The van der Waals surface area contributed by atoms with Crippen LogP contribution in [0.25, 0.3) is 0 Å². The highest BCUT2D eigenvalue weighted by Crippen LogP contribution is 2.17. The summed E-state index contributed by atoms with van der Waals surface area (Å²) in [5.41, 5.74) is 4.60. The fraction of sp³-hybridized carbons (Fsp3) is 0.105. The van der Waals surface area contributed by atoms with Gasteiger partial charge in [0.05, 0.1) is 24.3 Å². The first-order valence-corrected chi connectivity index (χ1v) is 9.17. The number of hydrazone groups is 1. The van der Waals surface area contributed by atoms with Crippen LogP contribution in [0.5, 0.6) is 5.75 Å². The molecule has 8 heteroatoms. The van der Waals surface area contributed by atoms with Crippen molar-refractivity contribution in [3.8, 4) is 5.75 Å². The van der Waals surface area contributed by atoms with Crippen molar-refractivity contribution in [2.24, 2.45) is 5.10 Å². The number of nitrogens with one attached hydrogen (secondary N) is 1. The minimum atomic E-state index is -0.401. The predicted octanol–water partition coefficient (Wildman–Crippen LogP) is 4.12. The topological polar surface area (TPSA) is 68.5 Å². The summed E-state index contributed by atoms with van der Waals surface area (Å²) in [7, 11) is 1.60. The van der Waals surface area contributed by atoms with Crippen LogP contribution in [0.2, 0.25) is 5.02 Å². The second-order valence-electron chi connectivity index (χ2n) is 5.62. The van der Waals surface area contributed by atoms with Gasteiger partial charge in [-0.1, -0.05) is 23.7 Å². The fourth-order valence-corrected chi connectivity index (χ4v) is 2.94. The molecule has 138 valence electrons.